The number of aromatic nitrogens is 2. The zero-order valence-electron chi connectivity index (χ0n) is 8.38. The Balaban J connectivity index is 2.80. The van der Waals surface area contributed by atoms with E-state index in [4.69, 9.17) is 10.4 Å². The van der Waals surface area contributed by atoms with E-state index < -0.39 is 0 Å². The molecule has 0 atom stereocenters. The third-order valence-electron chi connectivity index (χ3n) is 2.18. The van der Waals surface area contributed by atoms with Crippen LogP contribution in [-0.4, -0.2) is 26.3 Å². The van der Waals surface area contributed by atoms with Gasteiger partial charge in [-0.3, -0.25) is 10.4 Å². The molecule has 0 saturated heterocycles. The molecule has 0 aliphatic carbocycles. The summed E-state index contributed by atoms with van der Waals surface area (Å²) in [5.74, 6) is 0. The first kappa shape index (κ1) is 10.3. The fraction of sp³-hybridized carbons (Fsp3) is 0.222. The maximum absolute atomic E-state index is 9.14. The Hall–Kier alpha value is -1.24. The van der Waals surface area contributed by atoms with E-state index in [1.165, 1.54) is 11.8 Å². The van der Waals surface area contributed by atoms with Crippen LogP contribution in [0.1, 0.15) is 5.69 Å². The number of thioether (sulfide) groups is 1. The minimum atomic E-state index is 0.119. The van der Waals surface area contributed by atoms with E-state index in [0.717, 1.165) is 5.69 Å². The molecule has 0 aliphatic heterocycles. The van der Waals surface area contributed by atoms with Crippen LogP contribution in [-0.2, 0) is 0 Å². The van der Waals surface area contributed by atoms with Crippen molar-refractivity contribution in [2.75, 3.05) is 11.5 Å². The largest absolute Gasteiger partial charge is 0.264 e. The number of anilines is 1. The van der Waals surface area contributed by atoms with Gasteiger partial charge >= 0.3 is 0 Å². The monoisotopic (exact) mass is 225 g/mol. The van der Waals surface area contributed by atoms with Crippen molar-refractivity contribution in [1.82, 2.24) is 9.61 Å². The molecule has 2 rings (SSSR count). The molecular formula is C9H11N3O2S. The third-order valence-corrected chi connectivity index (χ3v) is 2.84. The van der Waals surface area contributed by atoms with Gasteiger partial charge in [0.1, 0.15) is 5.03 Å². The van der Waals surface area contributed by atoms with E-state index in [0.29, 0.717) is 16.2 Å². The van der Waals surface area contributed by atoms with Crippen LogP contribution < -0.4 is 5.23 Å². The molecule has 0 unspecified atom stereocenters. The number of nitrogens with zero attached hydrogens (tertiary/aromatic N) is 3. The van der Waals surface area contributed by atoms with Crippen molar-refractivity contribution in [1.29, 1.82) is 0 Å². The zero-order valence-corrected chi connectivity index (χ0v) is 9.19. The fourth-order valence-corrected chi connectivity index (χ4v) is 2.04. The van der Waals surface area contributed by atoms with Gasteiger partial charge in [0.15, 0.2) is 5.69 Å². The second-order valence-corrected chi connectivity index (χ2v) is 3.91. The van der Waals surface area contributed by atoms with Crippen LogP contribution in [0.15, 0.2) is 23.2 Å². The number of hydrogen-bond acceptors (Lipinski definition) is 5. The van der Waals surface area contributed by atoms with Crippen LogP contribution in [0, 0.1) is 6.92 Å². The Kier molecular flexibility index (Phi) is 2.56. The van der Waals surface area contributed by atoms with Crippen molar-refractivity contribution in [3.8, 4) is 0 Å². The van der Waals surface area contributed by atoms with Gasteiger partial charge in [0.05, 0.1) is 5.52 Å². The number of rotatable bonds is 2. The van der Waals surface area contributed by atoms with E-state index in [-0.39, 0.29) is 5.23 Å². The molecular weight excluding hydrogens is 214 g/mol. The van der Waals surface area contributed by atoms with E-state index in [2.05, 4.69) is 5.10 Å². The minimum Gasteiger partial charge on any atom is -0.264 e. The number of fused-ring (bicyclic) bond motifs is 1. The molecule has 2 N–H and O–H groups in total. The zero-order chi connectivity index (χ0) is 11.0. The average Bonchev–Trinajstić information content (AvgIpc) is 2.57. The summed E-state index contributed by atoms with van der Waals surface area (Å²) in [5.41, 5.74) is 1.92. The van der Waals surface area contributed by atoms with Crippen molar-refractivity contribution in [3.05, 3.63) is 23.9 Å². The SMILES string of the molecule is CSc1nn2c(C)cccc2c1N(O)O. The quantitative estimate of drug-likeness (QED) is 0.604. The molecule has 2 aromatic rings. The first-order chi connectivity index (χ1) is 7.15. The maximum Gasteiger partial charge on any atom is 0.154 e. The van der Waals surface area contributed by atoms with Crippen LogP contribution in [0.5, 0.6) is 0 Å². The lowest BCUT2D eigenvalue weighted by Gasteiger charge is -2.06. The lowest BCUT2D eigenvalue weighted by molar-refractivity contribution is 0.0285. The molecule has 0 aliphatic rings. The Labute approximate surface area is 90.8 Å². The lowest BCUT2D eigenvalue weighted by atomic mass is 10.3. The normalized spacial score (nSPS) is 10.9. The highest BCUT2D eigenvalue weighted by Gasteiger charge is 2.16. The van der Waals surface area contributed by atoms with Crippen LogP contribution in [0.4, 0.5) is 5.69 Å². The second-order valence-electron chi connectivity index (χ2n) is 3.11. The van der Waals surface area contributed by atoms with Crippen molar-refractivity contribution >= 4 is 23.0 Å². The van der Waals surface area contributed by atoms with Gasteiger partial charge in [0, 0.05) is 5.69 Å². The second kappa shape index (κ2) is 3.73. The highest BCUT2D eigenvalue weighted by Crippen LogP contribution is 2.31. The molecule has 5 nitrogen and oxygen atoms in total. The van der Waals surface area contributed by atoms with Gasteiger partial charge in [-0.15, -0.1) is 17.0 Å². The molecule has 2 aromatic heterocycles. The maximum atomic E-state index is 9.14. The fourth-order valence-electron chi connectivity index (χ4n) is 1.49. The predicted molar refractivity (Wildman–Crippen MR) is 57.8 cm³/mol. The van der Waals surface area contributed by atoms with Gasteiger partial charge in [-0.1, -0.05) is 6.07 Å². The standard InChI is InChI=1S/C9H11N3O2S/c1-6-4-3-5-7-8(12(13)14)9(15-2)10-11(6)7/h3-5,13-14H,1-2H3. The van der Waals surface area contributed by atoms with Gasteiger partial charge in [0.25, 0.3) is 0 Å². The summed E-state index contributed by atoms with van der Waals surface area (Å²) in [6.45, 7) is 1.91. The molecule has 15 heavy (non-hydrogen) atoms. The molecule has 0 bridgehead atoms. The molecule has 0 radical (unpaired) electrons. The van der Waals surface area contributed by atoms with E-state index in [1.54, 1.807) is 10.6 Å². The Morgan fingerprint density at radius 3 is 2.73 bits per heavy atom. The predicted octanol–water partition coefficient (Wildman–Crippen LogP) is 1.95. The molecule has 0 fully saturated rings. The van der Waals surface area contributed by atoms with E-state index >= 15 is 0 Å². The number of pyridine rings is 1. The van der Waals surface area contributed by atoms with Gasteiger partial charge in [-0.25, -0.2) is 4.52 Å². The summed E-state index contributed by atoms with van der Waals surface area (Å²) in [7, 11) is 0. The summed E-state index contributed by atoms with van der Waals surface area (Å²) in [6, 6.07) is 5.55. The summed E-state index contributed by atoms with van der Waals surface area (Å²) >= 11 is 1.36. The smallest absolute Gasteiger partial charge is 0.154 e. The Bertz CT molecular complexity index is 495. The van der Waals surface area contributed by atoms with Crippen LogP contribution in [0.3, 0.4) is 0 Å². The molecule has 80 valence electrons. The molecule has 2 heterocycles. The first-order valence-electron chi connectivity index (χ1n) is 4.35. The minimum absolute atomic E-state index is 0.119. The van der Waals surface area contributed by atoms with Crippen LogP contribution in [0.2, 0.25) is 0 Å². The Morgan fingerprint density at radius 2 is 2.13 bits per heavy atom. The van der Waals surface area contributed by atoms with Crippen molar-refractivity contribution in [3.63, 3.8) is 0 Å². The van der Waals surface area contributed by atoms with E-state index in [1.807, 2.05) is 25.3 Å². The van der Waals surface area contributed by atoms with Gasteiger partial charge in [0.2, 0.25) is 0 Å². The van der Waals surface area contributed by atoms with Crippen LogP contribution >= 0.6 is 11.8 Å². The number of hydrogen-bond donors (Lipinski definition) is 2. The lowest BCUT2D eigenvalue weighted by Crippen LogP contribution is -2.11. The topological polar surface area (TPSA) is 61.0 Å². The molecule has 6 heteroatoms. The Morgan fingerprint density at radius 1 is 1.40 bits per heavy atom. The molecule has 0 amide bonds. The van der Waals surface area contributed by atoms with Crippen LogP contribution in [0.25, 0.3) is 5.52 Å². The highest BCUT2D eigenvalue weighted by atomic mass is 32.2. The summed E-state index contributed by atoms with van der Waals surface area (Å²) in [5, 5.41) is 23.2. The highest BCUT2D eigenvalue weighted by molar-refractivity contribution is 7.98. The summed E-state index contributed by atoms with van der Waals surface area (Å²) in [4.78, 5) is 0. The first-order valence-corrected chi connectivity index (χ1v) is 5.58. The summed E-state index contributed by atoms with van der Waals surface area (Å²) < 4.78 is 1.68. The third kappa shape index (κ3) is 1.56. The van der Waals surface area contributed by atoms with Gasteiger partial charge < -0.3 is 0 Å². The average molecular weight is 225 g/mol. The van der Waals surface area contributed by atoms with E-state index in [9.17, 15) is 0 Å². The summed E-state index contributed by atoms with van der Waals surface area (Å²) in [6.07, 6.45) is 1.84. The van der Waals surface area contributed by atoms with Crippen molar-refractivity contribution < 1.29 is 10.4 Å². The number of aryl methyl sites for hydroxylation is 1. The molecule has 0 spiro atoms. The van der Waals surface area contributed by atoms with Gasteiger partial charge in [-0.2, -0.15) is 5.10 Å². The van der Waals surface area contributed by atoms with Crippen molar-refractivity contribution in [2.24, 2.45) is 0 Å². The van der Waals surface area contributed by atoms with Gasteiger partial charge in [-0.05, 0) is 25.3 Å². The molecule has 0 saturated carbocycles. The van der Waals surface area contributed by atoms with Crippen molar-refractivity contribution in [2.45, 2.75) is 11.9 Å². The molecule has 0 aromatic carbocycles.